The number of para-hydroxylation sites is 1. The molecule has 2 aromatic carbocycles. The third kappa shape index (κ3) is 3.00. The van der Waals surface area contributed by atoms with Crippen LogP contribution in [0, 0.1) is 0 Å². The van der Waals surface area contributed by atoms with E-state index >= 15 is 0 Å². The van der Waals surface area contributed by atoms with E-state index in [0.717, 1.165) is 25.4 Å². The monoisotopic (exact) mass is 331 g/mol. The van der Waals surface area contributed by atoms with Gasteiger partial charge in [-0.3, -0.25) is 5.43 Å². The Morgan fingerprint density at radius 1 is 1.11 bits per heavy atom. The van der Waals surface area contributed by atoms with Gasteiger partial charge in [0.2, 0.25) is 5.13 Å². The van der Waals surface area contributed by atoms with Crippen LogP contribution in [0.4, 0.5) is 5.13 Å². The molecule has 0 bridgehead atoms. The highest BCUT2D eigenvalue weighted by Gasteiger charge is 2.00. The van der Waals surface area contributed by atoms with Crippen molar-refractivity contribution in [3.05, 3.63) is 58.6 Å². The maximum atomic E-state index is 4.44. The minimum atomic E-state index is 0.801. The number of fused-ring (bicyclic) bond motifs is 1. The summed E-state index contributed by atoms with van der Waals surface area (Å²) < 4.78 is 2.22. The van der Waals surface area contributed by atoms with E-state index in [0.29, 0.717) is 0 Å². The molecule has 0 atom stereocenters. The Morgan fingerprint density at radius 3 is 2.68 bits per heavy atom. The number of hydrazone groups is 1. The van der Waals surface area contributed by atoms with Crippen molar-refractivity contribution in [2.45, 2.75) is 0 Å². The maximum absolute atomic E-state index is 4.44. The average molecular weight is 332 g/mol. The summed E-state index contributed by atoms with van der Waals surface area (Å²) in [6, 6.07) is 16.0. The first-order valence-electron chi connectivity index (χ1n) is 5.71. The molecule has 0 unspecified atom stereocenters. The van der Waals surface area contributed by atoms with Crippen molar-refractivity contribution >= 4 is 48.8 Å². The second-order valence-electron chi connectivity index (χ2n) is 3.91. The van der Waals surface area contributed by atoms with Crippen molar-refractivity contribution in [1.82, 2.24) is 4.98 Å². The fourth-order valence-electron chi connectivity index (χ4n) is 1.63. The van der Waals surface area contributed by atoms with E-state index in [-0.39, 0.29) is 0 Å². The van der Waals surface area contributed by atoms with Crippen molar-refractivity contribution in [2.24, 2.45) is 5.10 Å². The van der Waals surface area contributed by atoms with Crippen LogP contribution in [0.2, 0.25) is 0 Å². The Hall–Kier alpha value is -1.72. The van der Waals surface area contributed by atoms with E-state index in [9.17, 15) is 0 Å². The van der Waals surface area contributed by atoms with Crippen LogP contribution in [0.3, 0.4) is 0 Å². The zero-order valence-electron chi connectivity index (χ0n) is 9.88. The number of aromatic nitrogens is 1. The predicted octanol–water partition coefficient (Wildman–Crippen LogP) is 4.50. The van der Waals surface area contributed by atoms with Crippen LogP contribution in [0.5, 0.6) is 0 Å². The molecule has 1 N–H and O–H groups in total. The minimum Gasteiger partial charge on any atom is -0.253 e. The van der Waals surface area contributed by atoms with Crippen LogP contribution in [-0.2, 0) is 0 Å². The first-order valence-corrected chi connectivity index (χ1v) is 7.32. The van der Waals surface area contributed by atoms with Crippen molar-refractivity contribution in [1.29, 1.82) is 0 Å². The molecule has 3 aromatic rings. The van der Waals surface area contributed by atoms with E-state index < -0.39 is 0 Å². The van der Waals surface area contributed by atoms with Crippen molar-refractivity contribution in [3.63, 3.8) is 0 Å². The van der Waals surface area contributed by atoms with Crippen LogP contribution in [0.1, 0.15) is 5.56 Å². The molecule has 5 heteroatoms. The Kier molecular flexibility index (Phi) is 3.57. The molecule has 94 valence electrons. The van der Waals surface area contributed by atoms with Gasteiger partial charge in [-0.1, -0.05) is 51.5 Å². The zero-order chi connectivity index (χ0) is 13.1. The number of halogens is 1. The average Bonchev–Trinajstić information content (AvgIpc) is 2.83. The van der Waals surface area contributed by atoms with Crippen molar-refractivity contribution < 1.29 is 0 Å². The number of nitrogens with one attached hydrogen (secondary N) is 1. The van der Waals surface area contributed by atoms with Crippen LogP contribution < -0.4 is 5.43 Å². The largest absolute Gasteiger partial charge is 0.253 e. The molecule has 0 fully saturated rings. The number of hydrogen-bond donors (Lipinski definition) is 1. The molecule has 19 heavy (non-hydrogen) atoms. The number of nitrogens with zero attached hydrogens (tertiary/aromatic N) is 2. The van der Waals surface area contributed by atoms with Gasteiger partial charge in [0.25, 0.3) is 0 Å². The standard InChI is InChI=1S/C14H10BrN3S/c15-11-7-5-10(6-8-11)9-16-18-14-17-12-3-1-2-4-13(12)19-14/h1-9H,(H,17,18)/b16-9+. The quantitative estimate of drug-likeness (QED) is 0.566. The molecule has 0 aliphatic heterocycles. The van der Waals surface area contributed by atoms with Crippen molar-refractivity contribution in [2.75, 3.05) is 5.43 Å². The molecule has 0 radical (unpaired) electrons. The third-order valence-electron chi connectivity index (χ3n) is 2.54. The van der Waals surface area contributed by atoms with Gasteiger partial charge in [-0.15, -0.1) is 0 Å². The molecule has 0 saturated heterocycles. The highest BCUT2D eigenvalue weighted by atomic mass is 79.9. The summed E-state index contributed by atoms with van der Waals surface area (Å²) in [5.41, 5.74) is 5.00. The van der Waals surface area contributed by atoms with Gasteiger partial charge in [-0.2, -0.15) is 5.10 Å². The topological polar surface area (TPSA) is 37.3 Å². The maximum Gasteiger partial charge on any atom is 0.204 e. The lowest BCUT2D eigenvalue weighted by Gasteiger charge is -1.94. The fraction of sp³-hybridized carbons (Fsp3) is 0. The normalized spacial score (nSPS) is 11.2. The van der Waals surface area contributed by atoms with Gasteiger partial charge in [-0.05, 0) is 29.8 Å². The second kappa shape index (κ2) is 5.50. The van der Waals surface area contributed by atoms with E-state index in [2.05, 4.69) is 37.5 Å². The molecule has 1 heterocycles. The molecule has 0 aliphatic carbocycles. The zero-order valence-corrected chi connectivity index (χ0v) is 12.3. The highest BCUT2D eigenvalue weighted by molar-refractivity contribution is 9.10. The van der Waals surface area contributed by atoms with Crippen molar-refractivity contribution in [3.8, 4) is 0 Å². The van der Waals surface area contributed by atoms with Gasteiger partial charge in [0.15, 0.2) is 0 Å². The molecular formula is C14H10BrN3S. The van der Waals surface area contributed by atoms with Gasteiger partial charge >= 0.3 is 0 Å². The minimum absolute atomic E-state index is 0.801. The first-order chi connectivity index (χ1) is 9.31. The molecule has 3 rings (SSSR count). The Morgan fingerprint density at radius 2 is 1.89 bits per heavy atom. The number of thiazole rings is 1. The van der Waals surface area contributed by atoms with E-state index in [4.69, 9.17) is 0 Å². The lowest BCUT2D eigenvalue weighted by atomic mass is 10.2. The molecule has 1 aromatic heterocycles. The lowest BCUT2D eigenvalue weighted by molar-refractivity contribution is 1.31. The molecular weight excluding hydrogens is 322 g/mol. The molecule has 3 nitrogen and oxygen atoms in total. The van der Waals surface area contributed by atoms with Crippen LogP contribution >= 0.6 is 27.3 Å². The first kappa shape index (κ1) is 12.3. The van der Waals surface area contributed by atoms with Gasteiger partial charge in [0.05, 0.1) is 16.4 Å². The van der Waals surface area contributed by atoms with Crippen LogP contribution in [-0.4, -0.2) is 11.2 Å². The Balaban J connectivity index is 1.73. The van der Waals surface area contributed by atoms with Gasteiger partial charge in [0.1, 0.15) is 0 Å². The Labute approximate surface area is 123 Å². The van der Waals surface area contributed by atoms with Crippen LogP contribution in [0.25, 0.3) is 10.2 Å². The van der Waals surface area contributed by atoms with E-state index in [1.165, 1.54) is 0 Å². The summed E-state index contributed by atoms with van der Waals surface area (Å²) in [6.45, 7) is 0. The summed E-state index contributed by atoms with van der Waals surface area (Å²) in [5.74, 6) is 0. The third-order valence-corrected chi connectivity index (χ3v) is 4.01. The van der Waals surface area contributed by atoms with Crippen LogP contribution in [0.15, 0.2) is 58.1 Å². The van der Waals surface area contributed by atoms with E-state index in [1.54, 1.807) is 17.6 Å². The molecule has 0 aliphatic rings. The number of benzene rings is 2. The summed E-state index contributed by atoms with van der Waals surface area (Å²) in [4.78, 5) is 4.44. The molecule has 0 saturated carbocycles. The SMILES string of the molecule is Brc1ccc(/C=N/Nc2nc3ccccc3s2)cc1. The predicted molar refractivity (Wildman–Crippen MR) is 85.0 cm³/mol. The number of hydrogen-bond acceptors (Lipinski definition) is 4. The fourth-order valence-corrected chi connectivity index (χ4v) is 2.71. The summed E-state index contributed by atoms with van der Waals surface area (Å²) in [7, 11) is 0. The van der Waals surface area contributed by atoms with Gasteiger partial charge in [0, 0.05) is 4.47 Å². The number of anilines is 1. The molecule has 0 amide bonds. The molecule has 0 spiro atoms. The highest BCUT2D eigenvalue weighted by Crippen LogP contribution is 2.25. The summed E-state index contributed by atoms with van der Waals surface area (Å²) >= 11 is 4.99. The van der Waals surface area contributed by atoms with Gasteiger partial charge in [-0.25, -0.2) is 4.98 Å². The number of rotatable bonds is 3. The summed E-state index contributed by atoms with van der Waals surface area (Å²) in [6.07, 6.45) is 1.78. The summed E-state index contributed by atoms with van der Waals surface area (Å²) in [5, 5.41) is 4.99. The lowest BCUT2D eigenvalue weighted by Crippen LogP contribution is -1.89. The smallest absolute Gasteiger partial charge is 0.204 e. The van der Waals surface area contributed by atoms with E-state index in [1.807, 2.05) is 42.5 Å². The van der Waals surface area contributed by atoms with Gasteiger partial charge < -0.3 is 0 Å². The second-order valence-corrected chi connectivity index (χ2v) is 5.85. The Bertz CT molecular complexity index is 686.